The third-order valence-electron chi connectivity index (χ3n) is 3.91. The molecule has 0 saturated heterocycles. The van der Waals surface area contributed by atoms with E-state index in [9.17, 15) is 0 Å². The SMILES string of the molecule is CC(C)(C)n1ncc2c1CCC[C@H]2NCc1cnc[nH]1. The van der Waals surface area contributed by atoms with Crippen molar-refractivity contribution in [1.29, 1.82) is 0 Å². The minimum absolute atomic E-state index is 0.0544. The van der Waals surface area contributed by atoms with Crippen LogP contribution < -0.4 is 5.32 Å². The molecule has 0 saturated carbocycles. The fourth-order valence-corrected chi connectivity index (χ4v) is 2.96. The molecule has 2 aromatic heterocycles. The number of H-pyrrole nitrogens is 1. The molecule has 20 heavy (non-hydrogen) atoms. The van der Waals surface area contributed by atoms with Gasteiger partial charge in [-0.1, -0.05) is 0 Å². The predicted octanol–water partition coefficient (Wildman–Crippen LogP) is 2.53. The summed E-state index contributed by atoms with van der Waals surface area (Å²) in [5, 5.41) is 8.24. The second-order valence-corrected chi connectivity index (χ2v) is 6.53. The maximum absolute atomic E-state index is 4.62. The Labute approximate surface area is 119 Å². The minimum atomic E-state index is 0.0544. The zero-order valence-corrected chi connectivity index (χ0v) is 12.5. The Morgan fingerprint density at radius 2 is 2.25 bits per heavy atom. The van der Waals surface area contributed by atoms with E-state index in [1.807, 2.05) is 12.4 Å². The highest BCUT2D eigenvalue weighted by atomic mass is 15.3. The van der Waals surface area contributed by atoms with Gasteiger partial charge in [-0.05, 0) is 40.0 Å². The standard InChI is InChI=1S/C15H23N5/c1-15(2,3)20-14-6-4-5-13(12(14)9-19-20)17-8-11-7-16-10-18-11/h7,9-10,13,17H,4-6,8H2,1-3H3,(H,16,18)/t13-/m1/s1. The first-order chi connectivity index (χ1) is 9.55. The smallest absolute Gasteiger partial charge is 0.0922 e. The van der Waals surface area contributed by atoms with Gasteiger partial charge in [0.15, 0.2) is 0 Å². The van der Waals surface area contributed by atoms with Gasteiger partial charge in [-0.2, -0.15) is 5.10 Å². The molecular formula is C15H23N5. The Hall–Kier alpha value is -1.62. The first-order valence-electron chi connectivity index (χ1n) is 7.33. The summed E-state index contributed by atoms with van der Waals surface area (Å²) in [6.07, 6.45) is 9.17. The van der Waals surface area contributed by atoms with Crippen LogP contribution in [-0.2, 0) is 18.5 Å². The average Bonchev–Trinajstić information content (AvgIpc) is 3.04. The lowest BCUT2D eigenvalue weighted by Crippen LogP contribution is -2.29. The van der Waals surface area contributed by atoms with Gasteiger partial charge in [0.1, 0.15) is 0 Å². The van der Waals surface area contributed by atoms with E-state index in [-0.39, 0.29) is 5.54 Å². The molecule has 2 N–H and O–H groups in total. The number of hydrogen-bond acceptors (Lipinski definition) is 3. The molecule has 2 heterocycles. The van der Waals surface area contributed by atoms with E-state index < -0.39 is 0 Å². The number of imidazole rings is 1. The lowest BCUT2D eigenvalue weighted by Gasteiger charge is -2.28. The maximum Gasteiger partial charge on any atom is 0.0922 e. The first kappa shape index (κ1) is 13.4. The third kappa shape index (κ3) is 2.50. The molecule has 2 aromatic rings. The monoisotopic (exact) mass is 273 g/mol. The van der Waals surface area contributed by atoms with E-state index in [4.69, 9.17) is 0 Å². The highest BCUT2D eigenvalue weighted by Crippen LogP contribution is 2.32. The molecule has 0 aliphatic heterocycles. The molecule has 1 aliphatic rings. The van der Waals surface area contributed by atoms with Crippen LogP contribution in [-0.4, -0.2) is 19.7 Å². The van der Waals surface area contributed by atoms with E-state index in [1.165, 1.54) is 24.1 Å². The van der Waals surface area contributed by atoms with Crippen molar-refractivity contribution in [2.75, 3.05) is 0 Å². The summed E-state index contributed by atoms with van der Waals surface area (Å²) < 4.78 is 2.19. The van der Waals surface area contributed by atoms with E-state index in [0.717, 1.165) is 18.7 Å². The summed E-state index contributed by atoms with van der Waals surface area (Å²) in [7, 11) is 0. The number of fused-ring (bicyclic) bond motifs is 1. The number of hydrogen-bond donors (Lipinski definition) is 2. The molecule has 0 fully saturated rings. The molecule has 0 spiro atoms. The number of nitrogens with one attached hydrogen (secondary N) is 2. The quantitative estimate of drug-likeness (QED) is 0.903. The Morgan fingerprint density at radius 1 is 1.40 bits per heavy atom. The third-order valence-corrected chi connectivity index (χ3v) is 3.91. The number of nitrogens with zero attached hydrogens (tertiary/aromatic N) is 3. The van der Waals surface area contributed by atoms with Crippen LogP contribution in [0, 0.1) is 0 Å². The van der Waals surface area contributed by atoms with Gasteiger partial charge >= 0.3 is 0 Å². The van der Waals surface area contributed by atoms with Crippen LogP contribution in [0.2, 0.25) is 0 Å². The zero-order chi connectivity index (χ0) is 14.2. The van der Waals surface area contributed by atoms with Crippen LogP contribution in [0.3, 0.4) is 0 Å². The largest absolute Gasteiger partial charge is 0.347 e. The second-order valence-electron chi connectivity index (χ2n) is 6.53. The molecule has 0 aromatic carbocycles. The predicted molar refractivity (Wildman–Crippen MR) is 78.3 cm³/mol. The second kappa shape index (κ2) is 5.05. The van der Waals surface area contributed by atoms with Gasteiger partial charge in [0.25, 0.3) is 0 Å². The van der Waals surface area contributed by atoms with Crippen LogP contribution >= 0.6 is 0 Å². The normalized spacial score (nSPS) is 19.1. The summed E-state index contributed by atoms with van der Waals surface area (Å²) in [5.74, 6) is 0. The lowest BCUT2D eigenvalue weighted by atomic mass is 9.92. The molecule has 3 rings (SSSR count). The summed E-state index contributed by atoms with van der Waals surface area (Å²) in [5.41, 5.74) is 3.94. The zero-order valence-electron chi connectivity index (χ0n) is 12.5. The fraction of sp³-hybridized carbons (Fsp3) is 0.600. The van der Waals surface area contributed by atoms with Crippen LogP contribution in [0.1, 0.15) is 56.6 Å². The van der Waals surface area contributed by atoms with Crippen LogP contribution in [0.4, 0.5) is 0 Å². The van der Waals surface area contributed by atoms with Crippen molar-refractivity contribution in [3.63, 3.8) is 0 Å². The van der Waals surface area contributed by atoms with Gasteiger partial charge in [-0.15, -0.1) is 0 Å². The van der Waals surface area contributed by atoms with Gasteiger partial charge in [0, 0.05) is 35.7 Å². The summed E-state index contributed by atoms with van der Waals surface area (Å²) in [4.78, 5) is 7.19. The van der Waals surface area contributed by atoms with Crippen molar-refractivity contribution in [2.45, 2.75) is 58.2 Å². The first-order valence-corrected chi connectivity index (χ1v) is 7.33. The highest BCUT2D eigenvalue weighted by Gasteiger charge is 2.27. The van der Waals surface area contributed by atoms with Crippen molar-refractivity contribution in [3.8, 4) is 0 Å². The van der Waals surface area contributed by atoms with E-state index >= 15 is 0 Å². The Morgan fingerprint density at radius 3 is 2.95 bits per heavy atom. The molecule has 5 nitrogen and oxygen atoms in total. The molecule has 5 heteroatoms. The van der Waals surface area contributed by atoms with E-state index in [2.05, 4.69) is 45.8 Å². The summed E-state index contributed by atoms with van der Waals surface area (Å²) in [6.45, 7) is 7.45. The highest BCUT2D eigenvalue weighted by molar-refractivity contribution is 5.26. The van der Waals surface area contributed by atoms with E-state index in [1.54, 1.807) is 6.33 Å². The fourth-order valence-electron chi connectivity index (χ4n) is 2.96. The van der Waals surface area contributed by atoms with Crippen molar-refractivity contribution in [2.24, 2.45) is 0 Å². The lowest BCUT2D eigenvalue weighted by molar-refractivity contribution is 0.334. The van der Waals surface area contributed by atoms with Crippen molar-refractivity contribution in [1.82, 2.24) is 25.1 Å². The van der Waals surface area contributed by atoms with Gasteiger partial charge in [-0.25, -0.2) is 4.98 Å². The number of aromatic amines is 1. The molecule has 1 atom stereocenters. The average molecular weight is 273 g/mol. The number of rotatable bonds is 3. The molecule has 0 radical (unpaired) electrons. The molecular weight excluding hydrogens is 250 g/mol. The van der Waals surface area contributed by atoms with Crippen molar-refractivity contribution in [3.05, 3.63) is 35.7 Å². The van der Waals surface area contributed by atoms with Gasteiger partial charge in [0.2, 0.25) is 0 Å². The Kier molecular flexibility index (Phi) is 3.38. The van der Waals surface area contributed by atoms with Crippen molar-refractivity contribution < 1.29 is 0 Å². The molecule has 108 valence electrons. The molecule has 0 bridgehead atoms. The van der Waals surface area contributed by atoms with Crippen LogP contribution in [0.15, 0.2) is 18.7 Å². The Bertz CT molecular complexity index is 562. The van der Waals surface area contributed by atoms with Crippen LogP contribution in [0.25, 0.3) is 0 Å². The van der Waals surface area contributed by atoms with Gasteiger partial charge in [0.05, 0.1) is 18.1 Å². The van der Waals surface area contributed by atoms with Gasteiger partial charge < -0.3 is 10.3 Å². The summed E-state index contributed by atoms with van der Waals surface area (Å²) in [6, 6.07) is 0.401. The topological polar surface area (TPSA) is 58.5 Å². The van der Waals surface area contributed by atoms with Crippen LogP contribution in [0.5, 0.6) is 0 Å². The maximum atomic E-state index is 4.62. The Balaban J connectivity index is 1.78. The molecule has 0 amide bonds. The summed E-state index contributed by atoms with van der Waals surface area (Å²) >= 11 is 0. The van der Waals surface area contributed by atoms with E-state index in [0.29, 0.717) is 6.04 Å². The minimum Gasteiger partial charge on any atom is -0.347 e. The molecule has 1 aliphatic carbocycles. The molecule has 0 unspecified atom stereocenters. The number of aromatic nitrogens is 4. The van der Waals surface area contributed by atoms with Crippen molar-refractivity contribution >= 4 is 0 Å². The van der Waals surface area contributed by atoms with Gasteiger partial charge in [-0.3, -0.25) is 4.68 Å².